The number of aromatic nitrogens is 1. The van der Waals surface area contributed by atoms with Crippen LogP contribution in [0.15, 0.2) is 12.3 Å². The summed E-state index contributed by atoms with van der Waals surface area (Å²) in [5.41, 5.74) is 7.40. The zero-order chi connectivity index (χ0) is 13.8. The monoisotopic (exact) mass is 262 g/mol. The van der Waals surface area contributed by atoms with Crippen molar-refractivity contribution in [3.8, 4) is 5.88 Å². The van der Waals surface area contributed by atoms with E-state index in [4.69, 9.17) is 10.5 Å². The molecule has 0 aliphatic heterocycles. The molecule has 0 unspecified atom stereocenters. The van der Waals surface area contributed by atoms with Gasteiger partial charge in [-0.2, -0.15) is 0 Å². The van der Waals surface area contributed by atoms with Crippen LogP contribution in [0, 0.1) is 12.8 Å². The fourth-order valence-corrected chi connectivity index (χ4v) is 2.57. The minimum Gasteiger partial charge on any atom is -0.474 e. The number of hydrogen-bond donors (Lipinski definition) is 1. The average molecular weight is 262 g/mol. The van der Waals surface area contributed by atoms with Crippen molar-refractivity contribution in [3.05, 3.63) is 17.8 Å². The van der Waals surface area contributed by atoms with E-state index in [-0.39, 0.29) is 12.0 Å². The van der Waals surface area contributed by atoms with Crippen LogP contribution in [0.1, 0.15) is 44.6 Å². The molecule has 1 aliphatic rings. The van der Waals surface area contributed by atoms with E-state index >= 15 is 0 Å². The SMILES string of the molecule is CCC(=O)C1CCC(Oc2cc(C)c(N)cn2)CC1. The van der Waals surface area contributed by atoms with Gasteiger partial charge in [-0.3, -0.25) is 4.79 Å². The Bertz CT molecular complexity index is 451. The van der Waals surface area contributed by atoms with Crippen LogP contribution in [0.5, 0.6) is 5.88 Å². The number of ether oxygens (including phenoxy) is 1. The number of nitrogen functional groups attached to an aromatic ring is 1. The lowest BCUT2D eigenvalue weighted by Gasteiger charge is -2.27. The van der Waals surface area contributed by atoms with Crippen LogP contribution in [0.3, 0.4) is 0 Å². The van der Waals surface area contributed by atoms with Crippen LogP contribution in [-0.2, 0) is 4.79 Å². The summed E-state index contributed by atoms with van der Waals surface area (Å²) in [6.45, 7) is 3.88. The first-order valence-corrected chi connectivity index (χ1v) is 7.01. The number of anilines is 1. The summed E-state index contributed by atoms with van der Waals surface area (Å²) >= 11 is 0. The van der Waals surface area contributed by atoms with Crippen molar-refractivity contribution >= 4 is 11.5 Å². The molecule has 1 saturated carbocycles. The van der Waals surface area contributed by atoms with Crippen LogP contribution in [0.2, 0.25) is 0 Å². The van der Waals surface area contributed by atoms with Gasteiger partial charge in [0.05, 0.1) is 11.9 Å². The Balaban J connectivity index is 1.88. The van der Waals surface area contributed by atoms with E-state index in [1.807, 2.05) is 19.9 Å². The van der Waals surface area contributed by atoms with Crippen LogP contribution in [0.25, 0.3) is 0 Å². The Labute approximate surface area is 114 Å². The van der Waals surface area contributed by atoms with Gasteiger partial charge in [0.1, 0.15) is 11.9 Å². The van der Waals surface area contributed by atoms with Crippen molar-refractivity contribution in [1.82, 2.24) is 4.98 Å². The third-order valence-corrected chi connectivity index (χ3v) is 3.89. The molecule has 0 atom stereocenters. The number of nitrogens with two attached hydrogens (primary N) is 1. The second-order valence-corrected chi connectivity index (χ2v) is 5.29. The topological polar surface area (TPSA) is 65.2 Å². The molecule has 1 aromatic rings. The van der Waals surface area contributed by atoms with Crippen molar-refractivity contribution in [2.24, 2.45) is 5.92 Å². The summed E-state index contributed by atoms with van der Waals surface area (Å²) in [6, 6.07) is 1.87. The molecule has 2 rings (SSSR count). The molecule has 0 aromatic carbocycles. The number of carbonyl (C=O) groups is 1. The van der Waals surface area contributed by atoms with E-state index in [2.05, 4.69) is 4.98 Å². The fraction of sp³-hybridized carbons (Fsp3) is 0.600. The van der Waals surface area contributed by atoms with Crippen LogP contribution >= 0.6 is 0 Å². The number of nitrogens with zero attached hydrogens (tertiary/aromatic N) is 1. The van der Waals surface area contributed by atoms with Crippen molar-refractivity contribution in [1.29, 1.82) is 0 Å². The predicted molar refractivity (Wildman–Crippen MR) is 75.1 cm³/mol. The third-order valence-electron chi connectivity index (χ3n) is 3.89. The Kier molecular flexibility index (Phi) is 4.40. The van der Waals surface area contributed by atoms with Gasteiger partial charge in [-0.25, -0.2) is 4.98 Å². The second-order valence-electron chi connectivity index (χ2n) is 5.29. The second kappa shape index (κ2) is 6.04. The molecule has 104 valence electrons. The van der Waals surface area contributed by atoms with Gasteiger partial charge < -0.3 is 10.5 Å². The molecule has 1 heterocycles. The largest absolute Gasteiger partial charge is 0.474 e. The van der Waals surface area contributed by atoms with Gasteiger partial charge >= 0.3 is 0 Å². The summed E-state index contributed by atoms with van der Waals surface area (Å²) in [6.07, 6.45) is 6.20. The normalized spacial score (nSPS) is 23.1. The quantitative estimate of drug-likeness (QED) is 0.906. The first kappa shape index (κ1) is 13.8. The lowest BCUT2D eigenvalue weighted by molar-refractivity contribution is -0.123. The number of carbonyl (C=O) groups excluding carboxylic acids is 1. The predicted octanol–water partition coefficient (Wildman–Crippen LogP) is 2.89. The maximum Gasteiger partial charge on any atom is 0.213 e. The molecule has 4 nitrogen and oxygen atoms in total. The van der Waals surface area contributed by atoms with E-state index in [0.29, 0.717) is 23.8 Å². The van der Waals surface area contributed by atoms with Crippen LogP contribution in [0.4, 0.5) is 5.69 Å². The zero-order valence-corrected chi connectivity index (χ0v) is 11.7. The maximum absolute atomic E-state index is 11.6. The number of rotatable bonds is 4. The summed E-state index contributed by atoms with van der Waals surface area (Å²) in [5, 5.41) is 0. The van der Waals surface area contributed by atoms with Gasteiger partial charge in [-0.1, -0.05) is 6.92 Å². The van der Waals surface area contributed by atoms with Gasteiger partial charge in [0, 0.05) is 18.4 Å². The first-order valence-electron chi connectivity index (χ1n) is 7.01. The van der Waals surface area contributed by atoms with Crippen molar-refractivity contribution in [3.63, 3.8) is 0 Å². The molecule has 1 fully saturated rings. The molecule has 0 spiro atoms. The lowest BCUT2D eigenvalue weighted by Crippen LogP contribution is -2.28. The molecule has 0 amide bonds. The summed E-state index contributed by atoms with van der Waals surface area (Å²) in [4.78, 5) is 15.8. The standard InChI is InChI=1S/C15H22N2O2/c1-3-14(18)11-4-6-12(7-5-11)19-15-8-10(2)13(16)9-17-15/h8-9,11-12H,3-7,16H2,1-2H3. The zero-order valence-electron chi connectivity index (χ0n) is 11.7. The van der Waals surface area contributed by atoms with E-state index in [1.54, 1.807) is 6.20 Å². The van der Waals surface area contributed by atoms with Gasteiger partial charge in [-0.15, -0.1) is 0 Å². The lowest BCUT2D eigenvalue weighted by atomic mass is 9.84. The number of aryl methyl sites for hydroxylation is 1. The van der Waals surface area contributed by atoms with Gasteiger partial charge in [-0.05, 0) is 38.2 Å². The van der Waals surface area contributed by atoms with Crippen molar-refractivity contribution < 1.29 is 9.53 Å². The number of hydrogen-bond acceptors (Lipinski definition) is 4. The number of ketones is 1. The summed E-state index contributed by atoms with van der Waals surface area (Å²) < 4.78 is 5.87. The van der Waals surface area contributed by atoms with Crippen molar-refractivity contribution in [2.45, 2.75) is 52.1 Å². The van der Waals surface area contributed by atoms with Crippen LogP contribution in [-0.4, -0.2) is 16.9 Å². The molecule has 0 bridgehead atoms. The number of Topliss-reactive ketones (excluding diaryl/α,β-unsaturated/α-hetero) is 1. The highest BCUT2D eigenvalue weighted by Crippen LogP contribution is 2.28. The first-order chi connectivity index (χ1) is 9.10. The third kappa shape index (κ3) is 3.46. The highest BCUT2D eigenvalue weighted by Gasteiger charge is 2.26. The highest BCUT2D eigenvalue weighted by molar-refractivity contribution is 5.80. The summed E-state index contributed by atoms with van der Waals surface area (Å²) in [7, 11) is 0. The minimum absolute atomic E-state index is 0.177. The molecular formula is C15H22N2O2. The average Bonchev–Trinajstić information content (AvgIpc) is 2.43. The molecule has 1 aromatic heterocycles. The van der Waals surface area contributed by atoms with E-state index in [0.717, 1.165) is 31.2 Å². The van der Waals surface area contributed by atoms with E-state index < -0.39 is 0 Å². The van der Waals surface area contributed by atoms with Crippen molar-refractivity contribution in [2.75, 3.05) is 5.73 Å². The van der Waals surface area contributed by atoms with Gasteiger partial charge in [0.25, 0.3) is 0 Å². The molecule has 19 heavy (non-hydrogen) atoms. The molecule has 2 N–H and O–H groups in total. The Hall–Kier alpha value is -1.58. The molecule has 1 aliphatic carbocycles. The highest BCUT2D eigenvalue weighted by atomic mass is 16.5. The minimum atomic E-state index is 0.177. The Morgan fingerprint density at radius 2 is 2.11 bits per heavy atom. The van der Waals surface area contributed by atoms with E-state index in [1.165, 1.54) is 0 Å². The summed E-state index contributed by atoms with van der Waals surface area (Å²) in [5.74, 6) is 1.27. The molecule has 4 heteroatoms. The molecule has 0 saturated heterocycles. The van der Waals surface area contributed by atoms with Gasteiger partial charge in [0.15, 0.2) is 0 Å². The van der Waals surface area contributed by atoms with Gasteiger partial charge in [0.2, 0.25) is 5.88 Å². The van der Waals surface area contributed by atoms with Crippen LogP contribution < -0.4 is 10.5 Å². The Morgan fingerprint density at radius 1 is 1.42 bits per heavy atom. The molecular weight excluding hydrogens is 240 g/mol. The Morgan fingerprint density at radius 3 is 2.68 bits per heavy atom. The molecule has 0 radical (unpaired) electrons. The van der Waals surface area contributed by atoms with E-state index in [9.17, 15) is 4.79 Å². The maximum atomic E-state index is 11.6. The fourth-order valence-electron chi connectivity index (χ4n) is 2.57. The smallest absolute Gasteiger partial charge is 0.213 e. The number of pyridine rings is 1.